The maximum absolute atomic E-state index is 12.4. The van der Waals surface area contributed by atoms with Crippen LogP contribution in [0, 0.1) is 39.0 Å². The molecule has 1 aromatic heterocycles. The van der Waals surface area contributed by atoms with E-state index in [-0.39, 0.29) is 24.1 Å². The molecule has 0 bridgehead atoms. The third-order valence-corrected chi connectivity index (χ3v) is 4.52. The molecule has 0 radical (unpaired) electrons. The lowest BCUT2D eigenvalue weighted by atomic mass is 10.1. The Hall–Kier alpha value is -2.99. The number of carbonyl (C=O) groups is 1. The van der Waals surface area contributed by atoms with Crippen molar-refractivity contribution in [2.45, 2.75) is 40.4 Å². The van der Waals surface area contributed by atoms with Crippen LogP contribution in [0.5, 0.6) is 5.75 Å². The molecule has 0 aliphatic heterocycles. The number of likely N-dealkylation sites (N-methyl/N-ethyl adjacent to an activating group) is 1. The fraction of sp³-hybridized carbons (Fsp3) is 0.429. The summed E-state index contributed by atoms with van der Waals surface area (Å²) in [5.41, 5.74) is 2.99. The third kappa shape index (κ3) is 6.00. The number of nitriles is 1. The molecular formula is C21H24F3N3O3. The van der Waals surface area contributed by atoms with E-state index in [0.29, 0.717) is 34.6 Å². The summed E-state index contributed by atoms with van der Waals surface area (Å²) in [6, 6.07) is 5.49. The van der Waals surface area contributed by atoms with Gasteiger partial charge < -0.3 is 9.15 Å². The van der Waals surface area contributed by atoms with Gasteiger partial charge in [0.2, 0.25) is 11.8 Å². The molecule has 0 unspecified atom stereocenters. The van der Waals surface area contributed by atoms with E-state index in [1.54, 1.807) is 51.8 Å². The van der Waals surface area contributed by atoms with E-state index in [2.05, 4.69) is 5.32 Å². The SMILES string of the molecule is Cc1cc(CN(C)CC(=O)Nc2oc(C)c(C)c2C#N)cc(C)c1OCC(F)(F)F. The highest BCUT2D eigenvalue weighted by Crippen LogP contribution is 2.28. The van der Waals surface area contributed by atoms with Gasteiger partial charge in [0.15, 0.2) is 6.61 Å². The predicted octanol–water partition coefficient (Wildman–Crippen LogP) is 4.40. The number of halogens is 3. The molecule has 2 aromatic rings. The van der Waals surface area contributed by atoms with Crippen LogP contribution in [-0.4, -0.2) is 37.2 Å². The molecule has 9 heteroatoms. The Labute approximate surface area is 173 Å². The lowest BCUT2D eigenvalue weighted by Crippen LogP contribution is -2.30. The number of carbonyl (C=O) groups excluding carboxylic acids is 1. The van der Waals surface area contributed by atoms with Gasteiger partial charge in [0.05, 0.1) is 6.54 Å². The van der Waals surface area contributed by atoms with Crippen molar-refractivity contribution in [2.75, 3.05) is 25.5 Å². The first-order chi connectivity index (χ1) is 13.9. The summed E-state index contributed by atoms with van der Waals surface area (Å²) >= 11 is 0. The summed E-state index contributed by atoms with van der Waals surface area (Å²) in [6.45, 7) is 5.91. The number of rotatable bonds is 7. The Bertz CT molecular complexity index is 951. The fourth-order valence-electron chi connectivity index (χ4n) is 3.14. The number of hydrogen-bond acceptors (Lipinski definition) is 5. The Morgan fingerprint density at radius 2 is 1.83 bits per heavy atom. The molecule has 0 aliphatic rings. The summed E-state index contributed by atoms with van der Waals surface area (Å²) in [6.07, 6.45) is -4.40. The molecule has 2 rings (SSSR count). The average Bonchev–Trinajstić information content (AvgIpc) is 2.85. The van der Waals surface area contributed by atoms with Crippen molar-refractivity contribution in [3.63, 3.8) is 0 Å². The van der Waals surface area contributed by atoms with Crippen molar-refractivity contribution in [3.05, 3.63) is 45.7 Å². The molecular weight excluding hydrogens is 399 g/mol. The second kappa shape index (κ2) is 9.22. The van der Waals surface area contributed by atoms with Gasteiger partial charge in [-0.25, -0.2) is 0 Å². The molecule has 0 saturated heterocycles. The molecule has 0 atom stereocenters. The minimum Gasteiger partial charge on any atom is -0.484 e. The molecule has 0 fully saturated rings. The maximum atomic E-state index is 12.4. The summed E-state index contributed by atoms with van der Waals surface area (Å²) in [5, 5.41) is 11.8. The van der Waals surface area contributed by atoms with Crippen molar-refractivity contribution in [2.24, 2.45) is 0 Å². The number of anilines is 1. The highest BCUT2D eigenvalue weighted by Gasteiger charge is 2.29. The van der Waals surface area contributed by atoms with Crippen LogP contribution in [0.2, 0.25) is 0 Å². The first-order valence-electron chi connectivity index (χ1n) is 9.19. The van der Waals surface area contributed by atoms with Gasteiger partial charge in [0.25, 0.3) is 0 Å². The minimum absolute atomic E-state index is 0.0358. The first kappa shape index (κ1) is 23.3. The predicted molar refractivity (Wildman–Crippen MR) is 105 cm³/mol. The van der Waals surface area contributed by atoms with Crippen molar-refractivity contribution in [1.82, 2.24) is 4.90 Å². The van der Waals surface area contributed by atoms with Gasteiger partial charge in [-0.2, -0.15) is 18.4 Å². The summed E-state index contributed by atoms with van der Waals surface area (Å²) < 4.78 is 47.6. The smallest absolute Gasteiger partial charge is 0.422 e. The zero-order chi connectivity index (χ0) is 22.6. The monoisotopic (exact) mass is 423 g/mol. The largest absolute Gasteiger partial charge is 0.484 e. The molecule has 1 N–H and O–H groups in total. The molecule has 0 spiro atoms. The number of ether oxygens (including phenoxy) is 1. The molecule has 1 heterocycles. The molecule has 0 aliphatic carbocycles. The van der Waals surface area contributed by atoms with Gasteiger partial charge >= 0.3 is 6.18 Å². The number of furan rings is 1. The first-order valence-corrected chi connectivity index (χ1v) is 9.19. The quantitative estimate of drug-likeness (QED) is 0.714. The van der Waals surface area contributed by atoms with Crippen molar-refractivity contribution < 1.29 is 27.1 Å². The van der Waals surface area contributed by atoms with Gasteiger partial charge in [0.1, 0.15) is 23.1 Å². The van der Waals surface area contributed by atoms with E-state index in [4.69, 9.17) is 9.15 Å². The molecule has 1 amide bonds. The van der Waals surface area contributed by atoms with Crippen LogP contribution in [0.3, 0.4) is 0 Å². The summed E-state index contributed by atoms with van der Waals surface area (Å²) in [7, 11) is 1.74. The van der Waals surface area contributed by atoms with Gasteiger partial charge in [-0.05, 0) is 51.4 Å². The van der Waals surface area contributed by atoms with Crippen LogP contribution >= 0.6 is 0 Å². The lowest BCUT2D eigenvalue weighted by molar-refractivity contribution is -0.153. The highest BCUT2D eigenvalue weighted by molar-refractivity contribution is 5.92. The minimum atomic E-state index is -4.40. The lowest BCUT2D eigenvalue weighted by Gasteiger charge is -2.19. The van der Waals surface area contributed by atoms with E-state index >= 15 is 0 Å². The Morgan fingerprint density at radius 1 is 1.23 bits per heavy atom. The van der Waals surface area contributed by atoms with Crippen molar-refractivity contribution in [1.29, 1.82) is 5.26 Å². The van der Waals surface area contributed by atoms with E-state index < -0.39 is 12.8 Å². The van der Waals surface area contributed by atoms with Crippen LogP contribution in [0.15, 0.2) is 16.5 Å². The zero-order valence-electron chi connectivity index (χ0n) is 17.5. The molecule has 162 valence electrons. The van der Waals surface area contributed by atoms with E-state index in [9.17, 15) is 23.2 Å². The van der Waals surface area contributed by atoms with Gasteiger partial charge in [-0.1, -0.05) is 12.1 Å². The van der Waals surface area contributed by atoms with E-state index in [0.717, 1.165) is 5.56 Å². The number of hydrogen-bond donors (Lipinski definition) is 1. The number of aryl methyl sites for hydroxylation is 3. The average molecular weight is 423 g/mol. The van der Waals surface area contributed by atoms with Gasteiger partial charge in [-0.3, -0.25) is 15.0 Å². The topological polar surface area (TPSA) is 78.5 Å². The maximum Gasteiger partial charge on any atom is 0.422 e. The molecule has 30 heavy (non-hydrogen) atoms. The Kier molecular flexibility index (Phi) is 7.16. The van der Waals surface area contributed by atoms with Gasteiger partial charge in [-0.15, -0.1) is 0 Å². The fourth-order valence-corrected chi connectivity index (χ4v) is 3.14. The zero-order valence-corrected chi connectivity index (χ0v) is 17.5. The second-order valence-electron chi connectivity index (χ2n) is 7.28. The normalized spacial score (nSPS) is 11.5. The van der Waals surface area contributed by atoms with E-state index in [1.807, 2.05) is 6.07 Å². The highest BCUT2D eigenvalue weighted by atomic mass is 19.4. The van der Waals surface area contributed by atoms with Crippen molar-refractivity contribution >= 4 is 11.8 Å². The number of alkyl halides is 3. The molecule has 0 saturated carbocycles. The Balaban J connectivity index is 2.01. The number of amides is 1. The number of benzene rings is 1. The van der Waals surface area contributed by atoms with Crippen molar-refractivity contribution in [3.8, 4) is 11.8 Å². The second-order valence-corrected chi connectivity index (χ2v) is 7.28. The van der Waals surface area contributed by atoms with Crippen LogP contribution in [0.25, 0.3) is 0 Å². The summed E-state index contributed by atoms with van der Waals surface area (Å²) in [4.78, 5) is 14.1. The standard InChI is InChI=1S/C21H24F3N3O3/c1-12-6-16(7-13(2)19(12)29-11-21(22,23)24)9-27(5)10-18(28)26-20-17(8-25)14(3)15(4)30-20/h6-7H,9-11H2,1-5H3,(H,26,28). The number of nitrogens with zero attached hydrogens (tertiary/aromatic N) is 2. The van der Waals surface area contributed by atoms with E-state index in [1.165, 1.54) is 0 Å². The third-order valence-electron chi connectivity index (χ3n) is 4.52. The Morgan fingerprint density at radius 3 is 2.37 bits per heavy atom. The van der Waals surface area contributed by atoms with Gasteiger partial charge in [0, 0.05) is 12.1 Å². The molecule has 1 aromatic carbocycles. The van der Waals surface area contributed by atoms with Crippen LogP contribution in [-0.2, 0) is 11.3 Å². The van der Waals surface area contributed by atoms with Crippen LogP contribution < -0.4 is 10.1 Å². The van der Waals surface area contributed by atoms with Crippen LogP contribution in [0.4, 0.5) is 19.1 Å². The summed E-state index contributed by atoms with van der Waals surface area (Å²) in [5.74, 6) is 0.558. The van der Waals surface area contributed by atoms with Crippen LogP contribution in [0.1, 0.15) is 33.6 Å². The molecule has 6 nitrogen and oxygen atoms in total. The number of nitrogens with one attached hydrogen (secondary N) is 1.